The molecule has 0 N–H and O–H groups in total. The quantitative estimate of drug-likeness (QED) is 0.717. The van der Waals surface area contributed by atoms with Crippen molar-refractivity contribution in [2.24, 2.45) is 7.05 Å². The van der Waals surface area contributed by atoms with Crippen molar-refractivity contribution in [2.45, 2.75) is 33.1 Å². The van der Waals surface area contributed by atoms with E-state index >= 15 is 0 Å². The SMILES string of the molecule is CCc1cc(Cc2cn(C)nc2-c2ccc(F)cc2CC)no1. The highest BCUT2D eigenvalue weighted by Gasteiger charge is 2.16. The summed E-state index contributed by atoms with van der Waals surface area (Å²) < 4.78 is 20.6. The van der Waals surface area contributed by atoms with Crippen molar-refractivity contribution in [3.8, 4) is 11.3 Å². The molecule has 0 bridgehead atoms. The van der Waals surface area contributed by atoms with Crippen LogP contribution >= 0.6 is 0 Å². The molecule has 0 atom stereocenters. The van der Waals surface area contributed by atoms with E-state index < -0.39 is 0 Å². The predicted molar refractivity (Wildman–Crippen MR) is 86.7 cm³/mol. The second-order valence-corrected chi connectivity index (χ2v) is 5.65. The smallest absolute Gasteiger partial charge is 0.136 e. The van der Waals surface area contributed by atoms with E-state index in [4.69, 9.17) is 4.52 Å². The maximum atomic E-state index is 13.5. The van der Waals surface area contributed by atoms with E-state index in [-0.39, 0.29) is 5.82 Å². The number of hydrogen-bond acceptors (Lipinski definition) is 3. The van der Waals surface area contributed by atoms with Gasteiger partial charge in [-0.25, -0.2) is 4.39 Å². The zero-order valence-corrected chi connectivity index (χ0v) is 13.6. The summed E-state index contributed by atoms with van der Waals surface area (Å²) in [5.41, 5.74) is 4.76. The Kier molecular flexibility index (Phi) is 4.28. The average Bonchev–Trinajstić information content (AvgIpc) is 3.14. The lowest BCUT2D eigenvalue weighted by molar-refractivity contribution is 0.381. The lowest BCUT2D eigenvalue weighted by Gasteiger charge is -2.07. The summed E-state index contributed by atoms with van der Waals surface area (Å²) in [5, 5.41) is 8.69. The maximum Gasteiger partial charge on any atom is 0.136 e. The Bertz CT molecular complexity index is 820. The molecule has 0 radical (unpaired) electrons. The lowest BCUT2D eigenvalue weighted by Crippen LogP contribution is -1.95. The minimum Gasteiger partial charge on any atom is -0.361 e. The van der Waals surface area contributed by atoms with Gasteiger partial charge in [0.25, 0.3) is 0 Å². The fourth-order valence-electron chi connectivity index (χ4n) is 2.78. The zero-order valence-electron chi connectivity index (χ0n) is 13.6. The molecule has 0 saturated carbocycles. The number of halogens is 1. The molecule has 0 aliphatic heterocycles. The average molecular weight is 313 g/mol. The molecule has 4 nitrogen and oxygen atoms in total. The van der Waals surface area contributed by atoms with E-state index in [2.05, 4.69) is 10.3 Å². The van der Waals surface area contributed by atoms with Crippen molar-refractivity contribution in [3.63, 3.8) is 0 Å². The molecule has 2 heterocycles. The molecule has 23 heavy (non-hydrogen) atoms. The molecule has 0 saturated heterocycles. The van der Waals surface area contributed by atoms with Gasteiger partial charge < -0.3 is 4.52 Å². The fraction of sp³-hybridized carbons (Fsp3) is 0.333. The number of benzene rings is 1. The van der Waals surface area contributed by atoms with Gasteiger partial charge in [-0.1, -0.05) is 19.0 Å². The van der Waals surface area contributed by atoms with Gasteiger partial charge in [-0.2, -0.15) is 5.10 Å². The van der Waals surface area contributed by atoms with Crippen LogP contribution in [0.15, 0.2) is 35.0 Å². The molecule has 0 aliphatic carbocycles. The van der Waals surface area contributed by atoms with E-state index in [1.165, 1.54) is 6.07 Å². The van der Waals surface area contributed by atoms with Crippen LogP contribution in [0.5, 0.6) is 0 Å². The van der Waals surface area contributed by atoms with E-state index in [0.29, 0.717) is 6.42 Å². The topological polar surface area (TPSA) is 43.9 Å². The number of aryl methyl sites for hydroxylation is 3. The Morgan fingerprint density at radius 1 is 1.13 bits per heavy atom. The number of rotatable bonds is 5. The molecule has 1 aromatic carbocycles. The second-order valence-electron chi connectivity index (χ2n) is 5.65. The molecule has 0 aliphatic rings. The van der Waals surface area contributed by atoms with Gasteiger partial charge >= 0.3 is 0 Å². The first-order valence-electron chi connectivity index (χ1n) is 7.86. The number of aromatic nitrogens is 3. The van der Waals surface area contributed by atoms with Crippen LogP contribution in [0.2, 0.25) is 0 Å². The van der Waals surface area contributed by atoms with Crippen molar-refractivity contribution in [2.75, 3.05) is 0 Å². The summed E-state index contributed by atoms with van der Waals surface area (Å²) in [4.78, 5) is 0. The summed E-state index contributed by atoms with van der Waals surface area (Å²) in [6, 6.07) is 6.85. The molecule has 2 aromatic heterocycles. The van der Waals surface area contributed by atoms with Crippen LogP contribution in [-0.2, 0) is 26.3 Å². The van der Waals surface area contributed by atoms with Gasteiger partial charge in [0.2, 0.25) is 0 Å². The van der Waals surface area contributed by atoms with Gasteiger partial charge in [0.1, 0.15) is 11.6 Å². The summed E-state index contributed by atoms with van der Waals surface area (Å²) in [7, 11) is 1.89. The maximum absolute atomic E-state index is 13.5. The molecule has 0 fully saturated rings. The van der Waals surface area contributed by atoms with Crippen LogP contribution in [0.25, 0.3) is 11.3 Å². The molecule has 5 heteroatoms. The molecular formula is C18H20FN3O. The highest BCUT2D eigenvalue weighted by atomic mass is 19.1. The van der Waals surface area contributed by atoms with Gasteiger partial charge in [0, 0.05) is 43.3 Å². The van der Waals surface area contributed by atoms with Gasteiger partial charge in [-0.15, -0.1) is 0 Å². The first kappa shape index (κ1) is 15.5. The van der Waals surface area contributed by atoms with Crippen LogP contribution in [0, 0.1) is 5.82 Å². The largest absolute Gasteiger partial charge is 0.361 e. The normalized spacial score (nSPS) is 11.1. The molecule has 3 aromatic rings. The molecule has 3 rings (SSSR count). The predicted octanol–water partition coefficient (Wildman–Crippen LogP) is 3.93. The molecule has 120 valence electrons. The highest BCUT2D eigenvalue weighted by Crippen LogP contribution is 2.28. The third kappa shape index (κ3) is 3.18. The third-order valence-corrected chi connectivity index (χ3v) is 3.94. The minimum atomic E-state index is -0.216. The Morgan fingerprint density at radius 2 is 1.96 bits per heavy atom. The molecule has 0 unspecified atom stereocenters. The van der Waals surface area contributed by atoms with Crippen LogP contribution in [-0.4, -0.2) is 14.9 Å². The fourth-order valence-corrected chi connectivity index (χ4v) is 2.78. The van der Waals surface area contributed by atoms with Gasteiger partial charge in [-0.05, 0) is 30.2 Å². The first-order valence-corrected chi connectivity index (χ1v) is 7.86. The van der Waals surface area contributed by atoms with Gasteiger partial charge in [0.15, 0.2) is 0 Å². The van der Waals surface area contributed by atoms with Crippen LogP contribution in [0.4, 0.5) is 4.39 Å². The van der Waals surface area contributed by atoms with E-state index in [1.807, 2.05) is 33.2 Å². The Balaban J connectivity index is 2.00. The Morgan fingerprint density at radius 3 is 2.65 bits per heavy atom. The van der Waals surface area contributed by atoms with E-state index in [0.717, 1.165) is 46.7 Å². The van der Waals surface area contributed by atoms with Gasteiger partial charge in [0.05, 0.1) is 11.4 Å². The first-order chi connectivity index (χ1) is 11.1. The van der Waals surface area contributed by atoms with E-state index in [9.17, 15) is 4.39 Å². The zero-order chi connectivity index (χ0) is 16.4. The summed E-state index contributed by atoms with van der Waals surface area (Å²) in [5.74, 6) is 0.661. The van der Waals surface area contributed by atoms with Crippen molar-refractivity contribution in [1.29, 1.82) is 0 Å². The Labute approximate surface area is 134 Å². The van der Waals surface area contributed by atoms with Crippen LogP contribution in [0.3, 0.4) is 0 Å². The van der Waals surface area contributed by atoms with E-state index in [1.54, 1.807) is 16.8 Å². The number of hydrogen-bond donors (Lipinski definition) is 0. The summed E-state index contributed by atoms with van der Waals surface area (Å²) >= 11 is 0. The summed E-state index contributed by atoms with van der Waals surface area (Å²) in [6.07, 6.45) is 4.21. The van der Waals surface area contributed by atoms with Crippen LogP contribution < -0.4 is 0 Å². The van der Waals surface area contributed by atoms with Crippen molar-refractivity contribution in [3.05, 3.63) is 58.9 Å². The van der Waals surface area contributed by atoms with Gasteiger partial charge in [-0.3, -0.25) is 4.68 Å². The van der Waals surface area contributed by atoms with Crippen molar-refractivity contribution >= 4 is 0 Å². The molecular weight excluding hydrogens is 293 g/mol. The standard InChI is InChI=1S/C18H20FN3O/c1-4-12-8-14(19)6-7-17(12)18-13(11-22(3)20-18)9-15-10-16(5-2)23-21-15/h6-8,10-11H,4-5,9H2,1-3H3. The van der Waals surface area contributed by atoms with Crippen molar-refractivity contribution < 1.29 is 8.91 Å². The highest BCUT2D eigenvalue weighted by molar-refractivity contribution is 5.67. The Hall–Kier alpha value is -2.43. The van der Waals surface area contributed by atoms with Crippen molar-refractivity contribution in [1.82, 2.24) is 14.9 Å². The third-order valence-electron chi connectivity index (χ3n) is 3.94. The second kappa shape index (κ2) is 6.36. The summed E-state index contributed by atoms with van der Waals surface area (Å²) in [6.45, 7) is 4.05. The molecule has 0 amide bonds. The van der Waals surface area contributed by atoms with Crippen LogP contribution in [0.1, 0.15) is 36.4 Å². The lowest BCUT2D eigenvalue weighted by atomic mass is 9.98. The number of nitrogens with zero attached hydrogens (tertiary/aromatic N) is 3. The molecule has 0 spiro atoms. The monoisotopic (exact) mass is 313 g/mol. The minimum absolute atomic E-state index is 0.216.